The van der Waals surface area contributed by atoms with Crippen LogP contribution in [0.2, 0.25) is 25.7 Å². The number of anilines is 1. The monoisotopic (exact) mass is 755 g/mol. The Kier molecular flexibility index (Phi) is 13.6. The lowest BCUT2D eigenvalue weighted by Gasteiger charge is -2.41. The van der Waals surface area contributed by atoms with E-state index in [1.165, 1.54) is 17.5 Å². The summed E-state index contributed by atoms with van der Waals surface area (Å²) in [5, 5.41) is 12.1. The van der Waals surface area contributed by atoms with E-state index in [0.29, 0.717) is 34.7 Å². The zero-order chi connectivity index (χ0) is 37.6. The summed E-state index contributed by atoms with van der Waals surface area (Å²) >= 11 is 0. The van der Waals surface area contributed by atoms with E-state index in [2.05, 4.69) is 40.1 Å². The summed E-state index contributed by atoms with van der Waals surface area (Å²) in [6.45, 7) is 11.8. The van der Waals surface area contributed by atoms with Crippen LogP contribution in [-0.2, 0) is 33.6 Å². The number of amides is 2. The van der Waals surface area contributed by atoms with Gasteiger partial charge in [-0.25, -0.2) is 9.67 Å². The highest BCUT2D eigenvalue weighted by Gasteiger charge is 2.43. The van der Waals surface area contributed by atoms with E-state index < -0.39 is 36.6 Å². The summed E-state index contributed by atoms with van der Waals surface area (Å²) in [7, 11) is -2.35. The predicted octanol–water partition coefficient (Wildman–Crippen LogP) is 7.19. The number of aryl methyl sites for hydroxylation is 2. The van der Waals surface area contributed by atoms with Crippen LogP contribution in [0.4, 0.5) is 10.2 Å². The third-order valence-corrected chi connectivity index (χ3v) is 13.5. The van der Waals surface area contributed by atoms with Crippen LogP contribution < -0.4 is 11.1 Å². The summed E-state index contributed by atoms with van der Waals surface area (Å²) in [6.07, 6.45) is 14.0. The molecule has 14 heteroatoms. The standard InChI is InChI=1S/C38H58FN7O4SSi/c1-25-32(26(2)46(44-25)24-50-20-22-52(4,5)6)29-17-18-31(42-36(29)39)43-38(48)34(30-23-41-45(19-21-51(3)49)35(30)37(40)47)33(27-13-9-7-10-14-27)28-15-11-8-12-16-28/h17-18,23,27-28,33-34H,7-16,19-22,24H2,1-6H3,(H2,40,47)(H,42,43,48)/t34-,51?/m1/s1. The Morgan fingerprint density at radius 3 is 2.23 bits per heavy atom. The average molecular weight is 756 g/mol. The highest BCUT2D eigenvalue weighted by molar-refractivity contribution is 7.84. The molecule has 0 spiro atoms. The second kappa shape index (κ2) is 17.7. The fourth-order valence-corrected chi connectivity index (χ4v) is 9.60. The number of carbonyl (C=O) groups is 2. The van der Waals surface area contributed by atoms with E-state index in [1.807, 2.05) is 13.8 Å². The van der Waals surface area contributed by atoms with Crippen LogP contribution in [0.5, 0.6) is 0 Å². The van der Waals surface area contributed by atoms with Gasteiger partial charge in [0.25, 0.3) is 5.91 Å². The van der Waals surface area contributed by atoms with Crippen LogP contribution in [0.25, 0.3) is 11.1 Å². The molecule has 52 heavy (non-hydrogen) atoms. The Balaban J connectivity index is 1.47. The first-order valence-electron chi connectivity index (χ1n) is 19.0. The maximum Gasteiger partial charge on any atom is 0.267 e. The number of carbonyl (C=O) groups excluding carboxylic acids is 2. The van der Waals surface area contributed by atoms with Gasteiger partial charge in [-0.3, -0.25) is 18.5 Å². The molecule has 286 valence electrons. The summed E-state index contributed by atoms with van der Waals surface area (Å²) < 4.78 is 37.1. The van der Waals surface area contributed by atoms with Crippen molar-refractivity contribution in [2.24, 2.45) is 23.5 Å². The minimum Gasteiger partial charge on any atom is -0.364 e. The summed E-state index contributed by atoms with van der Waals surface area (Å²) in [5.41, 5.74) is 9.03. The van der Waals surface area contributed by atoms with Gasteiger partial charge in [-0.2, -0.15) is 14.6 Å². The summed E-state index contributed by atoms with van der Waals surface area (Å²) in [5.74, 6) is -1.58. The van der Waals surface area contributed by atoms with E-state index >= 15 is 4.39 Å². The van der Waals surface area contributed by atoms with Crippen LogP contribution in [-0.4, -0.2) is 67.3 Å². The Hall–Kier alpha value is -3.23. The number of nitrogens with two attached hydrogens (primary N) is 1. The van der Waals surface area contributed by atoms with E-state index in [1.54, 1.807) is 29.3 Å². The summed E-state index contributed by atoms with van der Waals surface area (Å²) in [4.78, 5) is 32.0. The van der Waals surface area contributed by atoms with Crippen LogP contribution in [0.1, 0.15) is 97.6 Å². The molecule has 1 unspecified atom stereocenters. The average Bonchev–Trinajstić information content (AvgIpc) is 3.64. The van der Waals surface area contributed by atoms with Crippen molar-refractivity contribution in [1.29, 1.82) is 0 Å². The van der Waals surface area contributed by atoms with Crippen molar-refractivity contribution < 1.29 is 22.9 Å². The Bertz CT molecular complexity index is 1710. The van der Waals surface area contributed by atoms with E-state index in [4.69, 9.17) is 10.5 Å². The second-order valence-electron chi connectivity index (χ2n) is 16.1. The van der Waals surface area contributed by atoms with Gasteiger partial charge in [0, 0.05) is 59.9 Å². The molecule has 2 aliphatic rings. The Morgan fingerprint density at radius 1 is 1.04 bits per heavy atom. The molecule has 2 aliphatic carbocycles. The molecule has 3 heterocycles. The van der Waals surface area contributed by atoms with Gasteiger partial charge >= 0.3 is 0 Å². The minimum atomic E-state index is -1.23. The third kappa shape index (κ3) is 9.84. The van der Waals surface area contributed by atoms with Crippen LogP contribution >= 0.6 is 0 Å². The molecule has 0 radical (unpaired) electrons. The number of hydrogen-bond donors (Lipinski definition) is 2. The predicted molar refractivity (Wildman–Crippen MR) is 207 cm³/mol. The summed E-state index contributed by atoms with van der Waals surface area (Å²) in [6, 6.07) is 4.30. The fourth-order valence-electron chi connectivity index (χ4n) is 8.41. The highest BCUT2D eigenvalue weighted by atomic mass is 32.2. The molecule has 0 aromatic carbocycles. The lowest BCUT2D eigenvalue weighted by molar-refractivity contribution is -0.120. The lowest BCUT2D eigenvalue weighted by atomic mass is 9.63. The molecule has 2 atom stereocenters. The van der Waals surface area contributed by atoms with Gasteiger partial charge in [-0.15, -0.1) is 0 Å². The topological polar surface area (TPSA) is 147 Å². The van der Waals surface area contributed by atoms with Gasteiger partial charge in [0.1, 0.15) is 18.2 Å². The number of primary amides is 1. The smallest absolute Gasteiger partial charge is 0.267 e. The quantitative estimate of drug-likeness (QED) is 0.0894. The van der Waals surface area contributed by atoms with E-state index in [-0.39, 0.29) is 48.4 Å². The van der Waals surface area contributed by atoms with Crippen LogP contribution in [0, 0.1) is 37.5 Å². The molecular weight excluding hydrogens is 698 g/mol. The van der Waals surface area contributed by atoms with Crippen LogP contribution in [0.15, 0.2) is 18.3 Å². The largest absolute Gasteiger partial charge is 0.364 e. The Labute approximate surface area is 311 Å². The molecule has 2 saturated carbocycles. The fraction of sp³-hybridized carbons (Fsp3) is 0.658. The molecule has 0 aliphatic heterocycles. The molecular formula is C38H58FN7O4SSi. The number of ether oxygens (including phenoxy) is 1. The SMILES string of the molecule is Cc1nn(COCC[Si](C)(C)C)c(C)c1-c1ccc(NC(=O)[C@H](c2cnn(CCS(C)=O)c2C(N)=O)C(C2CCCCC2)C2CCCCC2)nc1F. The highest BCUT2D eigenvalue weighted by Crippen LogP contribution is 2.48. The van der Waals surface area contributed by atoms with Crippen molar-refractivity contribution in [2.45, 2.75) is 123 Å². The van der Waals surface area contributed by atoms with Gasteiger partial charge in [-0.05, 0) is 49.8 Å². The second-order valence-corrected chi connectivity index (χ2v) is 23.3. The number of hydrogen-bond acceptors (Lipinski definition) is 7. The van der Waals surface area contributed by atoms with Gasteiger partial charge in [-0.1, -0.05) is 83.8 Å². The van der Waals surface area contributed by atoms with Crippen molar-refractivity contribution in [1.82, 2.24) is 24.5 Å². The molecule has 0 bridgehead atoms. The molecule has 2 fully saturated rings. The maximum absolute atomic E-state index is 16.0. The molecule has 11 nitrogen and oxygen atoms in total. The van der Waals surface area contributed by atoms with Crippen LogP contribution in [0.3, 0.4) is 0 Å². The van der Waals surface area contributed by atoms with Gasteiger partial charge < -0.3 is 15.8 Å². The molecule has 0 saturated heterocycles. The molecule has 5 rings (SSSR count). The van der Waals surface area contributed by atoms with Crippen molar-refractivity contribution in [3.63, 3.8) is 0 Å². The number of halogens is 1. The minimum absolute atomic E-state index is 0.0510. The first-order chi connectivity index (χ1) is 24.7. The number of nitrogens with zero attached hydrogens (tertiary/aromatic N) is 5. The molecule has 3 N–H and O–H groups in total. The maximum atomic E-state index is 16.0. The number of pyridine rings is 1. The zero-order valence-electron chi connectivity index (χ0n) is 31.9. The van der Waals surface area contributed by atoms with E-state index in [0.717, 1.165) is 63.1 Å². The zero-order valence-corrected chi connectivity index (χ0v) is 33.7. The Morgan fingerprint density at radius 2 is 1.67 bits per heavy atom. The molecule has 3 aromatic heterocycles. The number of aromatic nitrogens is 5. The number of rotatable bonds is 16. The van der Waals surface area contributed by atoms with Crippen molar-refractivity contribution in [3.05, 3.63) is 46.9 Å². The first kappa shape index (κ1) is 40.0. The van der Waals surface area contributed by atoms with Gasteiger partial charge in [0.05, 0.1) is 24.4 Å². The molecule has 2 amide bonds. The van der Waals surface area contributed by atoms with Crippen molar-refractivity contribution >= 4 is 36.5 Å². The lowest BCUT2D eigenvalue weighted by Crippen LogP contribution is -2.39. The van der Waals surface area contributed by atoms with Gasteiger partial charge in [0.15, 0.2) is 0 Å². The van der Waals surface area contributed by atoms with E-state index in [9.17, 15) is 13.8 Å². The van der Waals surface area contributed by atoms with Crippen molar-refractivity contribution in [3.8, 4) is 11.1 Å². The van der Waals surface area contributed by atoms with Gasteiger partial charge in [0.2, 0.25) is 11.9 Å². The third-order valence-electron chi connectivity index (χ3n) is 11.0. The normalized spacial score (nSPS) is 17.4. The molecule has 3 aromatic rings. The van der Waals surface area contributed by atoms with Crippen molar-refractivity contribution in [2.75, 3.05) is 23.9 Å². The first-order valence-corrected chi connectivity index (χ1v) is 24.4. The number of nitrogens with one attached hydrogen (secondary N) is 1.